The van der Waals surface area contributed by atoms with Crippen LogP contribution in [0.5, 0.6) is 0 Å². The lowest BCUT2D eigenvalue weighted by atomic mass is 9.97. The molecule has 0 aliphatic carbocycles. The standard InChI is InChI=1S/C25H26ClF2N3O/c1-17-9-19(11-25(26)29-17)14-30-16-24(20-6-4-5-18(10-20)12-27)31(15-21(32)13-28)23-8-3-2-7-22(23)30/h2-11,21,24,32H,12-16H2,1H3/t21-,24-/m0/s1. The van der Waals surface area contributed by atoms with E-state index in [-0.39, 0.29) is 12.6 Å². The first-order valence-corrected chi connectivity index (χ1v) is 11.0. The summed E-state index contributed by atoms with van der Waals surface area (Å²) in [5.41, 5.74) is 5.29. The van der Waals surface area contributed by atoms with Gasteiger partial charge in [-0.3, -0.25) is 0 Å². The number of benzene rings is 2. The van der Waals surface area contributed by atoms with Gasteiger partial charge in [0.15, 0.2) is 0 Å². The van der Waals surface area contributed by atoms with Crippen LogP contribution in [0.4, 0.5) is 20.2 Å². The third-order valence-corrected chi connectivity index (χ3v) is 5.93. The molecule has 0 saturated carbocycles. The Bertz CT molecular complexity index is 1060. The molecule has 168 valence electrons. The Labute approximate surface area is 192 Å². The molecule has 1 aliphatic heterocycles. The van der Waals surface area contributed by atoms with Crippen LogP contribution in [0.1, 0.15) is 28.4 Å². The second-order valence-corrected chi connectivity index (χ2v) is 8.55. The first-order valence-electron chi connectivity index (χ1n) is 10.6. The van der Waals surface area contributed by atoms with Crippen molar-refractivity contribution in [1.29, 1.82) is 0 Å². The number of anilines is 2. The van der Waals surface area contributed by atoms with Crippen molar-refractivity contribution in [2.45, 2.75) is 32.3 Å². The minimum atomic E-state index is -1.11. The second-order valence-electron chi connectivity index (χ2n) is 8.16. The van der Waals surface area contributed by atoms with Gasteiger partial charge in [0.25, 0.3) is 0 Å². The molecule has 4 nitrogen and oxygen atoms in total. The van der Waals surface area contributed by atoms with Gasteiger partial charge in [-0.05, 0) is 47.9 Å². The van der Waals surface area contributed by atoms with E-state index in [9.17, 15) is 13.9 Å². The average molecular weight is 458 g/mol. The number of pyridine rings is 1. The SMILES string of the molecule is Cc1cc(CN2C[C@@H](c3cccc(CF)c3)N(C[C@@H](O)CF)c3ccccc32)cc(Cl)n1. The Morgan fingerprint density at radius 1 is 1.06 bits per heavy atom. The summed E-state index contributed by atoms with van der Waals surface area (Å²) in [6.45, 7) is 1.87. The topological polar surface area (TPSA) is 39.6 Å². The zero-order valence-electron chi connectivity index (χ0n) is 17.9. The number of rotatable bonds is 7. The van der Waals surface area contributed by atoms with Crippen LogP contribution in [0.2, 0.25) is 5.15 Å². The molecule has 0 radical (unpaired) electrons. The molecule has 2 aromatic carbocycles. The molecule has 0 bridgehead atoms. The molecule has 0 amide bonds. The fourth-order valence-electron chi connectivity index (χ4n) is 4.38. The minimum Gasteiger partial charge on any atom is -0.389 e. The molecule has 4 rings (SSSR count). The van der Waals surface area contributed by atoms with E-state index in [2.05, 4.69) is 9.88 Å². The Hall–Kier alpha value is -2.70. The molecule has 0 fully saturated rings. The van der Waals surface area contributed by atoms with Gasteiger partial charge in [0, 0.05) is 25.3 Å². The van der Waals surface area contributed by atoms with Crippen molar-refractivity contribution in [2.75, 3.05) is 29.6 Å². The van der Waals surface area contributed by atoms with Crippen molar-refractivity contribution < 1.29 is 13.9 Å². The molecule has 2 atom stereocenters. The quantitative estimate of drug-likeness (QED) is 0.481. The van der Waals surface area contributed by atoms with Crippen molar-refractivity contribution in [2.24, 2.45) is 0 Å². The molecule has 7 heteroatoms. The Morgan fingerprint density at radius 2 is 1.84 bits per heavy atom. The van der Waals surface area contributed by atoms with Crippen LogP contribution in [-0.2, 0) is 13.2 Å². The number of nitrogens with zero attached hydrogens (tertiary/aromatic N) is 3. The summed E-state index contributed by atoms with van der Waals surface area (Å²) in [6.07, 6.45) is -1.11. The van der Waals surface area contributed by atoms with Gasteiger partial charge in [-0.1, -0.05) is 48.0 Å². The number of alkyl halides is 2. The largest absolute Gasteiger partial charge is 0.389 e. The van der Waals surface area contributed by atoms with E-state index in [1.807, 2.05) is 66.4 Å². The summed E-state index contributed by atoms with van der Waals surface area (Å²) in [7, 11) is 0. The van der Waals surface area contributed by atoms with Crippen LogP contribution >= 0.6 is 11.6 Å². The van der Waals surface area contributed by atoms with Crippen LogP contribution in [0.15, 0.2) is 60.7 Å². The zero-order valence-corrected chi connectivity index (χ0v) is 18.6. The van der Waals surface area contributed by atoms with Gasteiger partial charge in [-0.2, -0.15) is 0 Å². The van der Waals surface area contributed by atoms with E-state index in [1.54, 1.807) is 6.07 Å². The normalized spacial score (nSPS) is 16.7. The summed E-state index contributed by atoms with van der Waals surface area (Å²) >= 11 is 6.19. The highest BCUT2D eigenvalue weighted by Crippen LogP contribution is 2.42. The van der Waals surface area contributed by atoms with Crippen molar-refractivity contribution in [3.63, 3.8) is 0 Å². The van der Waals surface area contributed by atoms with E-state index in [0.29, 0.717) is 23.8 Å². The minimum absolute atomic E-state index is 0.145. The van der Waals surface area contributed by atoms with E-state index < -0.39 is 19.5 Å². The fraction of sp³-hybridized carbons (Fsp3) is 0.320. The third kappa shape index (κ3) is 4.87. The molecule has 1 N–H and O–H groups in total. The Balaban J connectivity index is 1.77. The number of hydrogen-bond donors (Lipinski definition) is 1. The van der Waals surface area contributed by atoms with Gasteiger partial charge in [-0.15, -0.1) is 0 Å². The molecular weight excluding hydrogens is 432 g/mol. The number of aliphatic hydroxyl groups is 1. The molecule has 0 saturated heterocycles. The summed E-state index contributed by atoms with van der Waals surface area (Å²) in [5, 5.41) is 10.6. The smallest absolute Gasteiger partial charge is 0.129 e. The van der Waals surface area contributed by atoms with E-state index in [4.69, 9.17) is 11.6 Å². The molecule has 1 aliphatic rings. The van der Waals surface area contributed by atoms with Crippen molar-refractivity contribution >= 4 is 23.0 Å². The summed E-state index contributed by atoms with van der Waals surface area (Å²) < 4.78 is 26.6. The number of para-hydroxylation sites is 2. The molecule has 0 spiro atoms. The van der Waals surface area contributed by atoms with Crippen molar-refractivity contribution in [1.82, 2.24) is 4.98 Å². The van der Waals surface area contributed by atoms with E-state index in [1.165, 1.54) is 0 Å². The number of aliphatic hydroxyl groups excluding tert-OH is 1. The molecule has 32 heavy (non-hydrogen) atoms. The predicted molar refractivity (Wildman–Crippen MR) is 125 cm³/mol. The maximum Gasteiger partial charge on any atom is 0.129 e. The fourth-order valence-corrected chi connectivity index (χ4v) is 4.65. The lowest BCUT2D eigenvalue weighted by molar-refractivity contribution is 0.142. The molecule has 0 unspecified atom stereocenters. The molecule has 1 aromatic heterocycles. The summed E-state index contributed by atoms with van der Waals surface area (Å²) in [5.74, 6) is 0. The second kappa shape index (κ2) is 9.84. The zero-order chi connectivity index (χ0) is 22.7. The number of β-amino-alcohol motifs (C(OH)–C–C–N with tert-alkyl or cyclic N) is 1. The highest BCUT2D eigenvalue weighted by molar-refractivity contribution is 6.29. The van der Waals surface area contributed by atoms with Crippen LogP contribution in [0.25, 0.3) is 0 Å². The van der Waals surface area contributed by atoms with Gasteiger partial charge in [0.2, 0.25) is 0 Å². The highest BCUT2D eigenvalue weighted by atomic mass is 35.5. The van der Waals surface area contributed by atoms with Gasteiger partial charge < -0.3 is 14.9 Å². The number of aryl methyl sites for hydroxylation is 1. The summed E-state index contributed by atoms with van der Waals surface area (Å²) in [4.78, 5) is 8.51. The molecular formula is C25H26ClF2N3O. The predicted octanol–water partition coefficient (Wildman–Crippen LogP) is 5.41. The highest BCUT2D eigenvalue weighted by Gasteiger charge is 2.33. The van der Waals surface area contributed by atoms with Crippen LogP contribution in [-0.4, -0.2) is 36.0 Å². The Kier molecular flexibility index (Phi) is 6.92. The van der Waals surface area contributed by atoms with Gasteiger partial charge in [0.1, 0.15) is 18.5 Å². The summed E-state index contributed by atoms with van der Waals surface area (Å²) in [6, 6.07) is 19.0. The van der Waals surface area contributed by atoms with E-state index >= 15 is 0 Å². The van der Waals surface area contributed by atoms with Crippen LogP contribution < -0.4 is 9.80 Å². The molecule has 2 heterocycles. The number of aromatic nitrogens is 1. The number of fused-ring (bicyclic) bond motifs is 1. The lowest BCUT2D eigenvalue weighted by Crippen LogP contribution is -2.46. The Morgan fingerprint density at radius 3 is 2.56 bits per heavy atom. The van der Waals surface area contributed by atoms with Crippen molar-refractivity contribution in [3.8, 4) is 0 Å². The third-order valence-electron chi connectivity index (χ3n) is 5.73. The average Bonchev–Trinajstić information content (AvgIpc) is 2.79. The van der Waals surface area contributed by atoms with Crippen LogP contribution in [0.3, 0.4) is 0 Å². The molecule has 3 aromatic rings. The van der Waals surface area contributed by atoms with Gasteiger partial charge in [-0.25, -0.2) is 13.8 Å². The van der Waals surface area contributed by atoms with Crippen molar-refractivity contribution in [3.05, 3.63) is 88.2 Å². The number of hydrogen-bond acceptors (Lipinski definition) is 4. The number of halogens is 3. The van der Waals surface area contributed by atoms with Gasteiger partial charge in [0.05, 0.1) is 23.5 Å². The van der Waals surface area contributed by atoms with Gasteiger partial charge >= 0.3 is 0 Å². The first-order chi connectivity index (χ1) is 15.5. The maximum absolute atomic E-state index is 13.4. The lowest BCUT2D eigenvalue weighted by Gasteiger charge is -2.45. The maximum atomic E-state index is 13.4. The van der Waals surface area contributed by atoms with Crippen LogP contribution in [0, 0.1) is 6.92 Å². The van der Waals surface area contributed by atoms with E-state index in [0.717, 1.165) is 28.2 Å². The first kappa shape index (κ1) is 22.5. The monoisotopic (exact) mass is 457 g/mol.